The van der Waals surface area contributed by atoms with Crippen LogP contribution in [0, 0.1) is 27.4 Å². The second kappa shape index (κ2) is 6.51. The van der Waals surface area contributed by atoms with E-state index in [1.165, 1.54) is 32.3 Å². The second-order valence-corrected chi connectivity index (χ2v) is 6.49. The molecule has 8 nitrogen and oxygen atoms in total. The van der Waals surface area contributed by atoms with Gasteiger partial charge < -0.3 is 5.32 Å². The summed E-state index contributed by atoms with van der Waals surface area (Å²) in [6.07, 6.45) is 0. The van der Waals surface area contributed by atoms with Gasteiger partial charge in [-0.1, -0.05) is 6.07 Å². The summed E-state index contributed by atoms with van der Waals surface area (Å²) >= 11 is 0. The van der Waals surface area contributed by atoms with Crippen molar-refractivity contribution >= 4 is 21.4 Å². The van der Waals surface area contributed by atoms with Crippen molar-refractivity contribution in [2.45, 2.75) is 11.8 Å². The lowest BCUT2D eigenvalue weighted by Crippen LogP contribution is -2.31. The summed E-state index contributed by atoms with van der Waals surface area (Å²) in [6, 6.07) is 5.96. The van der Waals surface area contributed by atoms with E-state index in [4.69, 9.17) is 5.26 Å². The van der Waals surface area contributed by atoms with Crippen molar-refractivity contribution in [1.82, 2.24) is 4.31 Å². The molecule has 0 heterocycles. The fraction of sp³-hybridized carbons (Fsp3) is 0.417. The first-order chi connectivity index (χ1) is 9.75. The number of nitro benzene ring substituents is 1. The first-order valence-corrected chi connectivity index (χ1v) is 7.50. The SMILES string of the molecule is CNc1cccc(S(=O)(=O)N(C)CC(C)C#N)c1[N+](=O)[O-]. The van der Waals surface area contributed by atoms with Crippen LogP contribution in [0.25, 0.3) is 0 Å². The van der Waals surface area contributed by atoms with E-state index < -0.39 is 31.4 Å². The number of hydrogen-bond donors (Lipinski definition) is 1. The van der Waals surface area contributed by atoms with Gasteiger partial charge in [0.15, 0.2) is 4.90 Å². The summed E-state index contributed by atoms with van der Waals surface area (Å²) in [5.74, 6) is -0.517. The molecule has 0 saturated heterocycles. The summed E-state index contributed by atoms with van der Waals surface area (Å²) in [5.41, 5.74) is -0.390. The Kier molecular flexibility index (Phi) is 5.23. The molecule has 9 heteroatoms. The van der Waals surface area contributed by atoms with Gasteiger partial charge in [0, 0.05) is 20.6 Å². The summed E-state index contributed by atoms with van der Waals surface area (Å²) < 4.78 is 25.9. The topological polar surface area (TPSA) is 116 Å². The average Bonchev–Trinajstić information content (AvgIpc) is 2.45. The van der Waals surface area contributed by atoms with Crippen molar-refractivity contribution in [2.24, 2.45) is 5.92 Å². The number of nitro groups is 1. The molecule has 0 aromatic heterocycles. The Morgan fingerprint density at radius 3 is 2.62 bits per heavy atom. The van der Waals surface area contributed by atoms with Crippen LogP contribution in [0.5, 0.6) is 0 Å². The number of sulfonamides is 1. The van der Waals surface area contributed by atoms with Crippen LogP contribution in [0.2, 0.25) is 0 Å². The molecule has 0 fully saturated rings. The van der Waals surface area contributed by atoms with Crippen molar-refractivity contribution in [2.75, 3.05) is 26.0 Å². The van der Waals surface area contributed by atoms with Crippen LogP contribution < -0.4 is 5.32 Å². The van der Waals surface area contributed by atoms with Crippen molar-refractivity contribution in [1.29, 1.82) is 5.26 Å². The van der Waals surface area contributed by atoms with Gasteiger partial charge in [-0.3, -0.25) is 10.1 Å². The zero-order valence-electron chi connectivity index (χ0n) is 11.9. The van der Waals surface area contributed by atoms with Gasteiger partial charge >= 0.3 is 5.69 Å². The van der Waals surface area contributed by atoms with E-state index in [1.54, 1.807) is 6.92 Å². The highest BCUT2D eigenvalue weighted by atomic mass is 32.2. The van der Waals surface area contributed by atoms with Crippen LogP contribution >= 0.6 is 0 Å². The van der Waals surface area contributed by atoms with Gasteiger partial charge in [-0.2, -0.15) is 9.57 Å². The van der Waals surface area contributed by atoms with Crippen molar-refractivity contribution in [3.05, 3.63) is 28.3 Å². The lowest BCUT2D eigenvalue weighted by atomic mass is 10.2. The highest BCUT2D eigenvalue weighted by Gasteiger charge is 2.32. The number of benzene rings is 1. The third-order valence-electron chi connectivity index (χ3n) is 2.89. The number of anilines is 1. The molecule has 0 bridgehead atoms. The first-order valence-electron chi connectivity index (χ1n) is 6.06. The minimum atomic E-state index is -4.05. The Morgan fingerprint density at radius 2 is 2.14 bits per heavy atom. The van der Waals surface area contributed by atoms with E-state index in [0.717, 1.165) is 4.31 Å². The molecule has 1 aromatic carbocycles. The Bertz CT molecular complexity index is 681. The average molecular weight is 312 g/mol. The van der Waals surface area contributed by atoms with E-state index in [9.17, 15) is 18.5 Å². The van der Waals surface area contributed by atoms with E-state index in [0.29, 0.717) is 0 Å². The molecule has 0 spiro atoms. The largest absolute Gasteiger partial charge is 0.383 e. The van der Waals surface area contributed by atoms with Gasteiger partial charge in [-0.05, 0) is 19.1 Å². The second-order valence-electron chi connectivity index (χ2n) is 4.48. The monoisotopic (exact) mass is 312 g/mol. The van der Waals surface area contributed by atoms with Crippen LogP contribution in [0.15, 0.2) is 23.1 Å². The van der Waals surface area contributed by atoms with Crippen LogP contribution in [0.3, 0.4) is 0 Å². The van der Waals surface area contributed by atoms with Gasteiger partial charge in [0.05, 0.1) is 16.9 Å². The maximum Gasteiger partial charge on any atom is 0.312 e. The predicted octanol–water partition coefficient (Wildman–Crippen LogP) is 1.42. The minimum Gasteiger partial charge on any atom is -0.383 e. The molecule has 114 valence electrons. The fourth-order valence-corrected chi connectivity index (χ4v) is 3.25. The molecule has 0 amide bonds. The predicted molar refractivity (Wildman–Crippen MR) is 77.2 cm³/mol. The highest BCUT2D eigenvalue weighted by Crippen LogP contribution is 2.33. The number of hydrogen-bond acceptors (Lipinski definition) is 6. The quantitative estimate of drug-likeness (QED) is 0.627. The molecule has 0 aliphatic heterocycles. The highest BCUT2D eigenvalue weighted by molar-refractivity contribution is 7.89. The molecule has 21 heavy (non-hydrogen) atoms. The standard InChI is InChI=1S/C12H16N4O4S/c1-9(7-13)8-15(3)21(19,20)11-6-4-5-10(14-2)12(11)16(17)18/h4-6,9,14H,8H2,1-3H3. The van der Waals surface area contributed by atoms with E-state index in [1.807, 2.05) is 6.07 Å². The molecule has 1 aromatic rings. The van der Waals surface area contributed by atoms with Crippen molar-refractivity contribution in [3.63, 3.8) is 0 Å². The zero-order valence-corrected chi connectivity index (χ0v) is 12.7. The number of nitrogens with one attached hydrogen (secondary N) is 1. The fourth-order valence-electron chi connectivity index (χ4n) is 1.81. The molecule has 0 radical (unpaired) electrons. The smallest absolute Gasteiger partial charge is 0.312 e. The third-order valence-corrected chi connectivity index (χ3v) is 4.75. The number of nitriles is 1. The van der Waals surface area contributed by atoms with E-state index in [2.05, 4.69) is 5.32 Å². The lowest BCUT2D eigenvalue weighted by Gasteiger charge is -2.18. The number of rotatable bonds is 6. The summed E-state index contributed by atoms with van der Waals surface area (Å²) in [7, 11) is -1.29. The summed E-state index contributed by atoms with van der Waals surface area (Å²) in [6.45, 7) is 1.53. The molecule has 0 aliphatic rings. The summed E-state index contributed by atoms with van der Waals surface area (Å²) in [5, 5.41) is 22.5. The Labute approximate surface area is 123 Å². The van der Waals surface area contributed by atoms with Gasteiger partial charge in [0.2, 0.25) is 10.0 Å². The molecule has 1 unspecified atom stereocenters. The van der Waals surface area contributed by atoms with Crippen molar-refractivity contribution in [3.8, 4) is 6.07 Å². The van der Waals surface area contributed by atoms with Crippen LogP contribution in [0.4, 0.5) is 11.4 Å². The summed E-state index contributed by atoms with van der Waals surface area (Å²) in [4.78, 5) is 10.0. The molecule has 1 atom stereocenters. The van der Waals surface area contributed by atoms with Gasteiger partial charge in [-0.15, -0.1) is 0 Å². The van der Waals surface area contributed by atoms with Gasteiger partial charge in [0.1, 0.15) is 5.69 Å². The molecule has 1 N–H and O–H groups in total. The number of para-hydroxylation sites is 1. The normalized spacial score (nSPS) is 12.7. The Balaban J connectivity index is 3.39. The third kappa shape index (κ3) is 3.48. The zero-order chi connectivity index (χ0) is 16.2. The molecular weight excluding hydrogens is 296 g/mol. The van der Waals surface area contributed by atoms with Crippen molar-refractivity contribution < 1.29 is 13.3 Å². The molecule has 0 saturated carbocycles. The lowest BCUT2D eigenvalue weighted by molar-refractivity contribution is -0.386. The van der Waals surface area contributed by atoms with Crippen LogP contribution in [-0.4, -0.2) is 38.3 Å². The maximum absolute atomic E-state index is 12.5. The molecular formula is C12H16N4O4S. The van der Waals surface area contributed by atoms with Gasteiger partial charge in [0.25, 0.3) is 0 Å². The Morgan fingerprint density at radius 1 is 1.52 bits per heavy atom. The van der Waals surface area contributed by atoms with E-state index >= 15 is 0 Å². The van der Waals surface area contributed by atoms with E-state index in [-0.39, 0.29) is 12.2 Å². The Hall–Kier alpha value is -2.18. The van der Waals surface area contributed by atoms with Crippen LogP contribution in [0.1, 0.15) is 6.92 Å². The van der Waals surface area contributed by atoms with Crippen LogP contribution in [-0.2, 0) is 10.0 Å². The van der Waals surface area contributed by atoms with Gasteiger partial charge in [-0.25, -0.2) is 8.42 Å². The first kappa shape index (κ1) is 16.9. The maximum atomic E-state index is 12.5. The molecule has 1 rings (SSSR count). The minimum absolute atomic E-state index is 0.0419. The molecule has 0 aliphatic carbocycles. The number of nitrogens with zero attached hydrogens (tertiary/aromatic N) is 3.